The first-order valence-corrected chi connectivity index (χ1v) is 6.64. The Labute approximate surface area is 108 Å². The lowest BCUT2D eigenvalue weighted by molar-refractivity contribution is 0.415. The molecule has 0 unspecified atom stereocenters. The second kappa shape index (κ2) is 5.96. The van der Waals surface area contributed by atoms with Crippen molar-refractivity contribution in [2.45, 2.75) is 45.1 Å². The number of hydrogen-bond donors (Lipinski definition) is 2. The standard InChI is InChI=1S/C13H19N3S/c1-10-7-12(9-14-8-10)16-13(17)15-11-5-3-2-4-6-11/h7-9,11H,2-6H2,1H3,(H2,15,16,17). The average Bonchev–Trinajstić information content (AvgIpc) is 2.30. The molecule has 4 heteroatoms. The summed E-state index contributed by atoms with van der Waals surface area (Å²) in [6.07, 6.45) is 10.1. The van der Waals surface area contributed by atoms with Crippen LogP contribution in [0.25, 0.3) is 0 Å². The van der Waals surface area contributed by atoms with Gasteiger partial charge in [0.25, 0.3) is 0 Å². The fourth-order valence-corrected chi connectivity index (χ4v) is 2.51. The first kappa shape index (κ1) is 12.3. The van der Waals surface area contributed by atoms with E-state index in [1.807, 2.05) is 19.2 Å². The Bertz CT molecular complexity index is 386. The third-order valence-corrected chi connectivity index (χ3v) is 3.29. The van der Waals surface area contributed by atoms with Crippen LogP contribution in [-0.4, -0.2) is 16.1 Å². The van der Waals surface area contributed by atoms with Crippen molar-refractivity contribution in [3.8, 4) is 0 Å². The smallest absolute Gasteiger partial charge is 0.171 e. The summed E-state index contributed by atoms with van der Waals surface area (Å²) in [6.45, 7) is 2.02. The molecule has 1 fully saturated rings. The minimum absolute atomic E-state index is 0.543. The van der Waals surface area contributed by atoms with Gasteiger partial charge in [0.05, 0.1) is 11.9 Å². The third-order valence-electron chi connectivity index (χ3n) is 3.07. The lowest BCUT2D eigenvalue weighted by atomic mass is 9.96. The topological polar surface area (TPSA) is 37.0 Å². The predicted octanol–water partition coefficient (Wildman–Crippen LogP) is 3.01. The fraction of sp³-hybridized carbons (Fsp3) is 0.538. The molecule has 0 aromatic carbocycles. The van der Waals surface area contributed by atoms with Gasteiger partial charge < -0.3 is 10.6 Å². The van der Waals surface area contributed by atoms with Crippen molar-refractivity contribution in [3.05, 3.63) is 24.0 Å². The molecule has 0 atom stereocenters. The molecular formula is C13H19N3S. The molecular weight excluding hydrogens is 230 g/mol. The molecule has 17 heavy (non-hydrogen) atoms. The molecule has 0 aliphatic heterocycles. The lowest BCUT2D eigenvalue weighted by Crippen LogP contribution is -2.38. The van der Waals surface area contributed by atoms with E-state index in [1.54, 1.807) is 6.20 Å². The van der Waals surface area contributed by atoms with E-state index in [-0.39, 0.29) is 0 Å². The van der Waals surface area contributed by atoms with Gasteiger partial charge in [0.1, 0.15) is 0 Å². The van der Waals surface area contributed by atoms with E-state index in [4.69, 9.17) is 12.2 Å². The first-order chi connectivity index (χ1) is 8.24. The number of hydrogen-bond acceptors (Lipinski definition) is 2. The number of nitrogens with zero attached hydrogens (tertiary/aromatic N) is 1. The Kier molecular flexibility index (Phi) is 4.31. The van der Waals surface area contributed by atoms with Crippen molar-refractivity contribution < 1.29 is 0 Å². The highest BCUT2D eigenvalue weighted by molar-refractivity contribution is 7.80. The molecule has 0 amide bonds. The molecule has 3 nitrogen and oxygen atoms in total. The number of aryl methyl sites for hydroxylation is 1. The number of pyridine rings is 1. The van der Waals surface area contributed by atoms with Crippen LogP contribution < -0.4 is 10.6 Å². The summed E-state index contributed by atoms with van der Waals surface area (Å²) < 4.78 is 0. The summed E-state index contributed by atoms with van der Waals surface area (Å²) in [5, 5.41) is 7.28. The number of thiocarbonyl (C=S) groups is 1. The van der Waals surface area contributed by atoms with Crippen LogP contribution in [0.5, 0.6) is 0 Å². The molecule has 2 rings (SSSR count). The van der Waals surface area contributed by atoms with Crippen LogP contribution in [0.15, 0.2) is 18.5 Å². The van der Waals surface area contributed by atoms with E-state index in [9.17, 15) is 0 Å². The van der Waals surface area contributed by atoms with E-state index in [1.165, 1.54) is 32.1 Å². The van der Waals surface area contributed by atoms with E-state index in [2.05, 4.69) is 15.6 Å². The Balaban J connectivity index is 1.84. The van der Waals surface area contributed by atoms with E-state index in [0.717, 1.165) is 11.3 Å². The van der Waals surface area contributed by atoms with Gasteiger partial charge in [0, 0.05) is 12.2 Å². The highest BCUT2D eigenvalue weighted by atomic mass is 32.1. The molecule has 0 saturated heterocycles. The monoisotopic (exact) mass is 249 g/mol. The molecule has 1 saturated carbocycles. The van der Waals surface area contributed by atoms with E-state index < -0.39 is 0 Å². The van der Waals surface area contributed by atoms with Gasteiger partial charge in [-0.2, -0.15) is 0 Å². The van der Waals surface area contributed by atoms with Crippen LogP contribution in [-0.2, 0) is 0 Å². The molecule has 1 aliphatic rings. The molecule has 2 N–H and O–H groups in total. The lowest BCUT2D eigenvalue weighted by Gasteiger charge is -2.24. The molecule has 0 spiro atoms. The maximum absolute atomic E-state index is 5.31. The number of aromatic nitrogens is 1. The maximum Gasteiger partial charge on any atom is 0.171 e. The fourth-order valence-electron chi connectivity index (χ4n) is 2.22. The summed E-state index contributed by atoms with van der Waals surface area (Å²) in [6, 6.07) is 2.59. The summed E-state index contributed by atoms with van der Waals surface area (Å²) in [5.41, 5.74) is 2.09. The van der Waals surface area contributed by atoms with Crippen LogP contribution in [0.1, 0.15) is 37.7 Å². The summed E-state index contributed by atoms with van der Waals surface area (Å²) >= 11 is 5.31. The summed E-state index contributed by atoms with van der Waals surface area (Å²) in [4.78, 5) is 4.13. The van der Waals surface area contributed by atoms with Crippen LogP contribution in [0.4, 0.5) is 5.69 Å². The Morgan fingerprint density at radius 3 is 2.76 bits per heavy atom. The normalized spacial score (nSPS) is 16.5. The summed E-state index contributed by atoms with van der Waals surface area (Å²) in [5.74, 6) is 0. The van der Waals surface area contributed by atoms with Gasteiger partial charge in [-0.1, -0.05) is 19.3 Å². The zero-order chi connectivity index (χ0) is 12.1. The Morgan fingerprint density at radius 1 is 1.29 bits per heavy atom. The van der Waals surface area contributed by atoms with Crippen LogP contribution in [0.2, 0.25) is 0 Å². The molecule has 92 valence electrons. The molecule has 1 aromatic rings. The number of rotatable bonds is 2. The maximum atomic E-state index is 5.31. The van der Waals surface area contributed by atoms with Gasteiger partial charge in [-0.15, -0.1) is 0 Å². The van der Waals surface area contributed by atoms with Gasteiger partial charge in [0.15, 0.2) is 5.11 Å². The average molecular weight is 249 g/mol. The van der Waals surface area contributed by atoms with Gasteiger partial charge in [-0.3, -0.25) is 4.98 Å². The van der Waals surface area contributed by atoms with Crippen molar-refractivity contribution in [2.24, 2.45) is 0 Å². The van der Waals surface area contributed by atoms with Gasteiger partial charge in [0.2, 0.25) is 0 Å². The molecule has 0 radical (unpaired) electrons. The van der Waals surface area contributed by atoms with Crippen LogP contribution in [0.3, 0.4) is 0 Å². The largest absolute Gasteiger partial charge is 0.360 e. The van der Waals surface area contributed by atoms with Crippen molar-refractivity contribution >= 4 is 23.0 Å². The minimum atomic E-state index is 0.543. The minimum Gasteiger partial charge on any atom is -0.360 e. The predicted molar refractivity (Wildman–Crippen MR) is 75.2 cm³/mol. The molecule has 0 bridgehead atoms. The summed E-state index contributed by atoms with van der Waals surface area (Å²) in [7, 11) is 0. The Hall–Kier alpha value is -1.16. The van der Waals surface area contributed by atoms with Gasteiger partial charge >= 0.3 is 0 Å². The Morgan fingerprint density at radius 2 is 2.06 bits per heavy atom. The van der Waals surface area contributed by atoms with Crippen molar-refractivity contribution in [3.63, 3.8) is 0 Å². The van der Waals surface area contributed by atoms with Crippen LogP contribution in [0, 0.1) is 6.92 Å². The molecule has 1 aliphatic carbocycles. The van der Waals surface area contributed by atoms with Crippen molar-refractivity contribution in [1.29, 1.82) is 0 Å². The van der Waals surface area contributed by atoms with Crippen molar-refractivity contribution in [1.82, 2.24) is 10.3 Å². The van der Waals surface area contributed by atoms with Crippen LogP contribution >= 0.6 is 12.2 Å². The van der Waals surface area contributed by atoms with E-state index in [0.29, 0.717) is 11.2 Å². The molecule has 1 aromatic heterocycles. The quantitative estimate of drug-likeness (QED) is 0.790. The second-order valence-electron chi connectivity index (χ2n) is 4.68. The van der Waals surface area contributed by atoms with Gasteiger partial charge in [-0.25, -0.2) is 0 Å². The molecule has 1 heterocycles. The van der Waals surface area contributed by atoms with Gasteiger partial charge in [-0.05, 0) is 43.6 Å². The van der Waals surface area contributed by atoms with Crippen molar-refractivity contribution in [2.75, 3.05) is 5.32 Å². The number of anilines is 1. The zero-order valence-corrected chi connectivity index (χ0v) is 11.0. The second-order valence-corrected chi connectivity index (χ2v) is 5.09. The number of nitrogens with one attached hydrogen (secondary N) is 2. The highest BCUT2D eigenvalue weighted by Crippen LogP contribution is 2.17. The SMILES string of the molecule is Cc1cncc(NC(=S)NC2CCCCC2)c1. The third kappa shape index (κ3) is 3.97. The first-order valence-electron chi connectivity index (χ1n) is 6.23. The highest BCUT2D eigenvalue weighted by Gasteiger charge is 2.13. The van der Waals surface area contributed by atoms with E-state index >= 15 is 0 Å². The zero-order valence-electron chi connectivity index (χ0n) is 10.2.